The molecule has 0 radical (unpaired) electrons. The van der Waals surface area contributed by atoms with Crippen LogP contribution in [0, 0.1) is 11.7 Å². The van der Waals surface area contributed by atoms with E-state index in [9.17, 15) is 18.8 Å². The van der Waals surface area contributed by atoms with E-state index in [0.717, 1.165) is 31.4 Å². The Morgan fingerprint density at radius 2 is 1.94 bits per heavy atom. The van der Waals surface area contributed by atoms with E-state index < -0.39 is 0 Å². The normalized spacial score (nSPS) is 20.7. The van der Waals surface area contributed by atoms with Crippen molar-refractivity contribution in [3.8, 4) is 0 Å². The smallest absolute Gasteiger partial charge is 0.256 e. The number of carbonyl (C=O) groups excluding carboxylic acids is 2. The molecular weight excluding hydrogens is 411 g/mol. The maximum atomic E-state index is 14.1. The number of likely N-dealkylation sites (tertiary alicyclic amines) is 1. The average Bonchev–Trinajstić information content (AvgIpc) is 3.65. The second-order valence-electron chi connectivity index (χ2n) is 9.03. The molecule has 1 aromatic carbocycles. The molecule has 3 aliphatic rings. The third-order valence-corrected chi connectivity index (χ3v) is 6.76. The molecule has 1 saturated heterocycles. The Labute approximate surface area is 185 Å². The molecule has 3 heterocycles. The number of fused-ring (bicyclic) bond motifs is 1. The maximum absolute atomic E-state index is 14.1. The lowest BCUT2D eigenvalue weighted by atomic mass is 9.99. The molecular formula is C24H27FN4O3. The minimum absolute atomic E-state index is 0.0173. The van der Waals surface area contributed by atoms with Crippen molar-refractivity contribution in [3.05, 3.63) is 63.1 Å². The molecule has 168 valence electrons. The van der Waals surface area contributed by atoms with Crippen LogP contribution < -0.4 is 5.56 Å². The predicted molar refractivity (Wildman–Crippen MR) is 115 cm³/mol. The van der Waals surface area contributed by atoms with E-state index in [1.165, 1.54) is 6.07 Å². The number of H-pyrrole nitrogens is 1. The monoisotopic (exact) mass is 438 g/mol. The summed E-state index contributed by atoms with van der Waals surface area (Å²) in [6.45, 7) is 1.43. The summed E-state index contributed by atoms with van der Waals surface area (Å²) in [6.07, 6.45) is 4.90. The van der Waals surface area contributed by atoms with Crippen molar-refractivity contribution in [2.45, 2.75) is 57.5 Å². The summed E-state index contributed by atoms with van der Waals surface area (Å²) in [5.41, 5.74) is 1.41. The summed E-state index contributed by atoms with van der Waals surface area (Å²) >= 11 is 0. The number of aromatic nitrogens is 2. The second-order valence-corrected chi connectivity index (χ2v) is 9.03. The molecule has 2 aromatic rings. The number of nitrogens with zero attached hydrogens (tertiary/aromatic N) is 3. The van der Waals surface area contributed by atoms with Crippen LogP contribution in [0.25, 0.3) is 0 Å². The lowest BCUT2D eigenvalue weighted by Gasteiger charge is -2.36. The molecule has 2 fully saturated rings. The third kappa shape index (κ3) is 4.06. The van der Waals surface area contributed by atoms with E-state index >= 15 is 0 Å². The van der Waals surface area contributed by atoms with Gasteiger partial charge in [0.1, 0.15) is 11.6 Å². The van der Waals surface area contributed by atoms with Gasteiger partial charge in [-0.2, -0.15) is 0 Å². The zero-order valence-electron chi connectivity index (χ0n) is 18.0. The summed E-state index contributed by atoms with van der Waals surface area (Å²) in [5, 5.41) is 0. The number of nitrogens with one attached hydrogen (secondary N) is 1. The van der Waals surface area contributed by atoms with Gasteiger partial charge >= 0.3 is 0 Å². The summed E-state index contributed by atoms with van der Waals surface area (Å²) in [7, 11) is 0. The van der Waals surface area contributed by atoms with Crippen molar-refractivity contribution >= 4 is 11.8 Å². The van der Waals surface area contributed by atoms with E-state index in [1.807, 2.05) is 0 Å². The number of carbonyl (C=O) groups is 2. The quantitative estimate of drug-likeness (QED) is 0.795. The summed E-state index contributed by atoms with van der Waals surface area (Å²) < 4.78 is 14.1. The molecule has 1 atom stereocenters. The first-order chi connectivity index (χ1) is 15.5. The van der Waals surface area contributed by atoms with Gasteiger partial charge in [-0.15, -0.1) is 0 Å². The number of benzene rings is 1. The summed E-state index contributed by atoms with van der Waals surface area (Å²) in [5.74, 6) is 0.203. The number of hydrogen-bond acceptors (Lipinski definition) is 4. The van der Waals surface area contributed by atoms with E-state index in [2.05, 4.69) is 4.98 Å². The molecule has 0 unspecified atom stereocenters. The minimum atomic E-state index is -0.389. The van der Waals surface area contributed by atoms with Crippen LogP contribution in [-0.4, -0.2) is 44.7 Å². The fourth-order valence-electron chi connectivity index (χ4n) is 4.80. The highest BCUT2D eigenvalue weighted by atomic mass is 19.1. The topological polar surface area (TPSA) is 86.4 Å². The van der Waals surface area contributed by atoms with Gasteiger partial charge in [-0.1, -0.05) is 18.2 Å². The van der Waals surface area contributed by atoms with E-state index in [-0.39, 0.29) is 41.6 Å². The van der Waals surface area contributed by atoms with Gasteiger partial charge in [-0.3, -0.25) is 14.4 Å². The van der Waals surface area contributed by atoms with Gasteiger partial charge in [0, 0.05) is 25.4 Å². The standard InChI is InChI=1S/C24H27FN4O3/c25-18-6-2-1-5-16(18)13-21(30)29-11-4-3-7-20(29)22-26-19-10-12-28(24(32)15-8-9-15)14-17(19)23(31)27-22/h1-2,5-6,15,20H,3-4,7-14H2,(H,26,27,31)/t20-/m1/s1. The van der Waals surface area contributed by atoms with Gasteiger partial charge in [0.05, 0.1) is 30.3 Å². The Morgan fingerprint density at radius 1 is 1.12 bits per heavy atom. The Hall–Kier alpha value is -3.03. The van der Waals surface area contributed by atoms with Crippen molar-refractivity contribution in [2.75, 3.05) is 13.1 Å². The number of rotatable bonds is 4. The number of piperidine rings is 1. The molecule has 8 heteroatoms. The van der Waals surface area contributed by atoms with Crippen LogP contribution >= 0.6 is 0 Å². The van der Waals surface area contributed by atoms with Crippen molar-refractivity contribution in [2.24, 2.45) is 5.92 Å². The highest BCUT2D eigenvalue weighted by Gasteiger charge is 2.36. The van der Waals surface area contributed by atoms with E-state index in [1.54, 1.807) is 28.0 Å². The third-order valence-electron chi connectivity index (χ3n) is 6.76. The van der Waals surface area contributed by atoms with E-state index in [0.29, 0.717) is 49.4 Å². The summed E-state index contributed by atoms with van der Waals surface area (Å²) in [6, 6.07) is 5.98. The molecule has 1 N–H and O–H groups in total. The predicted octanol–water partition coefficient (Wildman–Crippen LogP) is 2.50. The molecule has 7 nitrogen and oxygen atoms in total. The zero-order chi connectivity index (χ0) is 22.2. The first-order valence-electron chi connectivity index (χ1n) is 11.4. The van der Waals surface area contributed by atoms with Crippen molar-refractivity contribution in [3.63, 3.8) is 0 Å². The molecule has 5 rings (SSSR count). The first kappa shape index (κ1) is 20.8. The summed E-state index contributed by atoms with van der Waals surface area (Å²) in [4.78, 5) is 49.5. The minimum Gasteiger partial charge on any atom is -0.337 e. The number of halogens is 1. The fraction of sp³-hybridized carbons (Fsp3) is 0.500. The first-order valence-corrected chi connectivity index (χ1v) is 11.4. The zero-order valence-corrected chi connectivity index (χ0v) is 18.0. The van der Waals surface area contributed by atoms with Crippen molar-refractivity contribution < 1.29 is 14.0 Å². The van der Waals surface area contributed by atoms with E-state index in [4.69, 9.17) is 4.98 Å². The molecule has 0 spiro atoms. The number of aromatic amines is 1. The van der Waals surface area contributed by atoms with Gasteiger partial charge < -0.3 is 14.8 Å². The molecule has 1 aliphatic carbocycles. The Kier molecular flexibility index (Phi) is 5.53. The Bertz CT molecular complexity index is 1110. The Morgan fingerprint density at radius 3 is 2.72 bits per heavy atom. The van der Waals surface area contributed by atoms with Crippen LogP contribution in [0.1, 0.15) is 60.8 Å². The van der Waals surface area contributed by atoms with Crippen LogP contribution in [-0.2, 0) is 29.0 Å². The van der Waals surface area contributed by atoms with Crippen LogP contribution in [0.3, 0.4) is 0 Å². The highest BCUT2D eigenvalue weighted by molar-refractivity contribution is 5.81. The van der Waals surface area contributed by atoms with Gasteiger partial charge in [0.15, 0.2) is 0 Å². The number of amides is 2. The van der Waals surface area contributed by atoms with Gasteiger partial charge in [-0.25, -0.2) is 9.37 Å². The van der Waals surface area contributed by atoms with Gasteiger partial charge in [0.2, 0.25) is 11.8 Å². The fourth-order valence-corrected chi connectivity index (χ4v) is 4.80. The van der Waals surface area contributed by atoms with Crippen LogP contribution in [0.15, 0.2) is 29.1 Å². The number of hydrogen-bond donors (Lipinski definition) is 1. The molecule has 0 bridgehead atoms. The molecule has 2 aliphatic heterocycles. The lowest BCUT2D eigenvalue weighted by Crippen LogP contribution is -2.43. The molecule has 32 heavy (non-hydrogen) atoms. The Balaban J connectivity index is 1.37. The molecule has 1 aromatic heterocycles. The molecule has 2 amide bonds. The maximum Gasteiger partial charge on any atom is 0.256 e. The SMILES string of the molecule is O=C(C1CC1)N1CCc2nc([C@H]3CCCCN3C(=O)Cc3ccccc3F)[nH]c(=O)c2C1. The van der Waals surface area contributed by atoms with Crippen molar-refractivity contribution in [1.82, 2.24) is 19.8 Å². The van der Waals surface area contributed by atoms with Gasteiger partial charge in [0.25, 0.3) is 5.56 Å². The largest absolute Gasteiger partial charge is 0.337 e. The lowest BCUT2D eigenvalue weighted by molar-refractivity contribution is -0.135. The van der Waals surface area contributed by atoms with Crippen LogP contribution in [0.4, 0.5) is 4.39 Å². The molecule has 1 saturated carbocycles. The van der Waals surface area contributed by atoms with Gasteiger partial charge in [-0.05, 0) is 43.7 Å². The van der Waals surface area contributed by atoms with Crippen LogP contribution in [0.5, 0.6) is 0 Å². The average molecular weight is 439 g/mol. The van der Waals surface area contributed by atoms with Crippen molar-refractivity contribution in [1.29, 1.82) is 0 Å². The van der Waals surface area contributed by atoms with Crippen LogP contribution in [0.2, 0.25) is 0 Å². The second kappa shape index (κ2) is 8.48. The highest BCUT2D eigenvalue weighted by Crippen LogP contribution is 2.33.